The fourth-order valence-electron chi connectivity index (χ4n) is 3.54. The van der Waals surface area contributed by atoms with E-state index in [2.05, 4.69) is 5.32 Å². The SMILES string of the molecule is CC[C@H](C)N1CC2=C(C1=O)[C@@H](c1cccc(OC)c1OC)NC(=O)N2C. The zero-order valence-electron chi connectivity index (χ0n) is 15.8. The Kier molecular flexibility index (Phi) is 4.80. The van der Waals surface area contributed by atoms with E-state index in [-0.39, 0.29) is 18.0 Å². The molecule has 0 saturated carbocycles. The van der Waals surface area contributed by atoms with Gasteiger partial charge in [0.1, 0.15) is 0 Å². The van der Waals surface area contributed by atoms with Gasteiger partial charge in [-0.3, -0.25) is 9.69 Å². The van der Waals surface area contributed by atoms with Crippen LogP contribution in [0.2, 0.25) is 0 Å². The first-order valence-corrected chi connectivity index (χ1v) is 8.73. The number of nitrogens with zero attached hydrogens (tertiary/aromatic N) is 2. The predicted molar refractivity (Wildman–Crippen MR) is 97.1 cm³/mol. The molecule has 2 aliphatic heterocycles. The molecule has 0 fully saturated rings. The van der Waals surface area contributed by atoms with Crippen LogP contribution in [0, 0.1) is 0 Å². The molecule has 26 heavy (non-hydrogen) atoms. The molecule has 2 heterocycles. The number of methoxy groups -OCH3 is 2. The van der Waals surface area contributed by atoms with E-state index >= 15 is 0 Å². The summed E-state index contributed by atoms with van der Waals surface area (Å²) in [5.41, 5.74) is 2.05. The number of amides is 3. The van der Waals surface area contributed by atoms with Gasteiger partial charge in [0.2, 0.25) is 0 Å². The van der Waals surface area contributed by atoms with Crippen molar-refractivity contribution in [3.63, 3.8) is 0 Å². The van der Waals surface area contributed by atoms with Crippen molar-refractivity contribution in [3.05, 3.63) is 35.0 Å². The van der Waals surface area contributed by atoms with Gasteiger partial charge in [-0.1, -0.05) is 19.1 Å². The molecule has 140 valence electrons. The summed E-state index contributed by atoms with van der Waals surface area (Å²) in [4.78, 5) is 29.0. The number of benzene rings is 1. The lowest BCUT2D eigenvalue weighted by Gasteiger charge is -2.31. The van der Waals surface area contributed by atoms with E-state index < -0.39 is 6.04 Å². The molecule has 0 radical (unpaired) electrons. The van der Waals surface area contributed by atoms with E-state index in [0.717, 1.165) is 12.1 Å². The van der Waals surface area contributed by atoms with Gasteiger partial charge in [0, 0.05) is 18.7 Å². The maximum atomic E-state index is 13.1. The number of carbonyl (C=O) groups is 2. The van der Waals surface area contributed by atoms with Gasteiger partial charge in [0.05, 0.1) is 38.1 Å². The molecule has 3 rings (SSSR count). The van der Waals surface area contributed by atoms with Crippen molar-refractivity contribution in [2.45, 2.75) is 32.4 Å². The highest BCUT2D eigenvalue weighted by Crippen LogP contribution is 2.42. The van der Waals surface area contributed by atoms with E-state index in [1.54, 1.807) is 27.3 Å². The van der Waals surface area contributed by atoms with Gasteiger partial charge in [-0.05, 0) is 19.4 Å². The molecule has 1 aromatic rings. The number of hydrogen-bond donors (Lipinski definition) is 1. The van der Waals surface area contributed by atoms with Gasteiger partial charge in [-0.25, -0.2) is 4.79 Å². The van der Waals surface area contributed by atoms with E-state index in [9.17, 15) is 9.59 Å². The molecular weight excluding hydrogens is 334 g/mol. The van der Waals surface area contributed by atoms with Gasteiger partial charge in [0.15, 0.2) is 11.5 Å². The highest BCUT2D eigenvalue weighted by atomic mass is 16.5. The minimum Gasteiger partial charge on any atom is -0.493 e. The van der Waals surface area contributed by atoms with Crippen LogP contribution in [-0.2, 0) is 4.79 Å². The normalized spacial score (nSPS) is 20.9. The summed E-state index contributed by atoms with van der Waals surface area (Å²) in [7, 11) is 4.80. The molecule has 0 aromatic heterocycles. The first-order chi connectivity index (χ1) is 12.4. The standard InChI is InChI=1S/C19H25N3O4/c1-6-11(2)22-10-13-15(18(22)23)16(20-19(24)21(13)3)12-8-7-9-14(25-4)17(12)26-5/h7-9,11,16H,6,10H2,1-5H3,(H,20,24)/t11-,16+/m0/s1. The fourth-order valence-corrected chi connectivity index (χ4v) is 3.54. The van der Waals surface area contributed by atoms with Crippen LogP contribution in [0.4, 0.5) is 4.79 Å². The Morgan fingerprint density at radius 1 is 1.27 bits per heavy atom. The first kappa shape index (κ1) is 18.1. The summed E-state index contributed by atoms with van der Waals surface area (Å²) in [6.45, 7) is 4.51. The summed E-state index contributed by atoms with van der Waals surface area (Å²) in [5.74, 6) is 1.03. The van der Waals surface area contributed by atoms with E-state index in [1.165, 1.54) is 4.90 Å². The van der Waals surface area contributed by atoms with Crippen LogP contribution >= 0.6 is 0 Å². The van der Waals surface area contributed by atoms with Gasteiger partial charge in [-0.2, -0.15) is 0 Å². The molecule has 1 aromatic carbocycles. The molecule has 0 bridgehead atoms. The van der Waals surface area contributed by atoms with Gasteiger partial charge in [-0.15, -0.1) is 0 Å². The van der Waals surface area contributed by atoms with Crippen LogP contribution in [0.15, 0.2) is 29.5 Å². The third-order valence-electron chi connectivity index (χ3n) is 5.26. The Balaban J connectivity index is 2.11. The Morgan fingerprint density at radius 2 is 2.00 bits per heavy atom. The molecule has 0 spiro atoms. The van der Waals surface area contributed by atoms with Crippen LogP contribution in [0.3, 0.4) is 0 Å². The second-order valence-corrected chi connectivity index (χ2v) is 6.57. The Labute approximate surface area is 153 Å². The highest BCUT2D eigenvalue weighted by Gasteiger charge is 2.44. The second kappa shape index (κ2) is 6.90. The lowest BCUT2D eigenvalue weighted by molar-refractivity contribution is -0.127. The average Bonchev–Trinajstić information content (AvgIpc) is 3.01. The molecule has 2 atom stereocenters. The molecule has 7 heteroatoms. The smallest absolute Gasteiger partial charge is 0.322 e. The van der Waals surface area contributed by atoms with Crippen LogP contribution in [-0.4, -0.2) is 55.6 Å². The van der Waals surface area contributed by atoms with Crippen molar-refractivity contribution in [2.24, 2.45) is 0 Å². The zero-order valence-corrected chi connectivity index (χ0v) is 15.8. The Hall–Kier alpha value is -2.70. The molecule has 0 unspecified atom stereocenters. The van der Waals surface area contributed by atoms with Crippen LogP contribution in [0.5, 0.6) is 11.5 Å². The lowest BCUT2D eigenvalue weighted by atomic mass is 9.94. The van der Waals surface area contributed by atoms with Crippen LogP contribution in [0.1, 0.15) is 31.9 Å². The lowest BCUT2D eigenvalue weighted by Crippen LogP contribution is -2.45. The molecular formula is C19H25N3O4. The molecule has 3 amide bonds. The maximum absolute atomic E-state index is 13.1. The number of carbonyl (C=O) groups excluding carboxylic acids is 2. The van der Waals surface area contributed by atoms with Crippen LogP contribution in [0.25, 0.3) is 0 Å². The predicted octanol–water partition coefficient (Wildman–Crippen LogP) is 2.29. The molecule has 1 N–H and O–H groups in total. The minimum atomic E-state index is -0.569. The first-order valence-electron chi connectivity index (χ1n) is 8.73. The third-order valence-corrected chi connectivity index (χ3v) is 5.26. The largest absolute Gasteiger partial charge is 0.493 e. The van der Waals surface area contributed by atoms with Crippen molar-refractivity contribution in [1.82, 2.24) is 15.1 Å². The topological polar surface area (TPSA) is 71.1 Å². The number of urea groups is 1. The Bertz CT molecular complexity index is 774. The van der Waals surface area contributed by atoms with Crippen molar-refractivity contribution in [2.75, 3.05) is 27.8 Å². The molecule has 2 aliphatic rings. The summed E-state index contributed by atoms with van der Waals surface area (Å²) >= 11 is 0. The molecule has 0 aliphatic carbocycles. The van der Waals surface area contributed by atoms with E-state index in [0.29, 0.717) is 29.2 Å². The van der Waals surface area contributed by atoms with E-state index in [1.807, 2.05) is 30.9 Å². The van der Waals surface area contributed by atoms with Gasteiger partial charge >= 0.3 is 6.03 Å². The number of rotatable bonds is 5. The summed E-state index contributed by atoms with van der Waals surface area (Å²) in [6, 6.07) is 4.76. The molecule has 0 saturated heterocycles. The summed E-state index contributed by atoms with van der Waals surface area (Å²) in [5, 5.41) is 2.93. The van der Waals surface area contributed by atoms with Crippen molar-refractivity contribution < 1.29 is 19.1 Å². The molecule has 7 nitrogen and oxygen atoms in total. The number of ether oxygens (including phenoxy) is 2. The number of hydrogen-bond acceptors (Lipinski definition) is 4. The zero-order chi connectivity index (χ0) is 19.0. The number of para-hydroxylation sites is 1. The highest BCUT2D eigenvalue weighted by molar-refractivity contribution is 6.01. The van der Waals surface area contributed by atoms with Gasteiger partial charge in [0.25, 0.3) is 5.91 Å². The fraction of sp³-hybridized carbons (Fsp3) is 0.474. The summed E-state index contributed by atoms with van der Waals surface area (Å²) in [6.07, 6.45) is 0.852. The van der Waals surface area contributed by atoms with Crippen molar-refractivity contribution >= 4 is 11.9 Å². The van der Waals surface area contributed by atoms with Crippen molar-refractivity contribution in [3.8, 4) is 11.5 Å². The summed E-state index contributed by atoms with van der Waals surface area (Å²) < 4.78 is 10.9. The van der Waals surface area contributed by atoms with Crippen LogP contribution < -0.4 is 14.8 Å². The second-order valence-electron chi connectivity index (χ2n) is 6.57. The number of likely N-dealkylation sites (N-methyl/N-ethyl adjacent to an activating group) is 1. The van der Waals surface area contributed by atoms with Crippen molar-refractivity contribution in [1.29, 1.82) is 0 Å². The maximum Gasteiger partial charge on any atom is 0.322 e. The average molecular weight is 359 g/mol. The van der Waals surface area contributed by atoms with E-state index in [4.69, 9.17) is 9.47 Å². The monoisotopic (exact) mass is 359 g/mol. The minimum absolute atomic E-state index is 0.0453. The number of nitrogens with one attached hydrogen (secondary N) is 1. The third kappa shape index (κ3) is 2.67. The van der Waals surface area contributed by atoms with Gasteiger partial charge < -0.3 is 19.7 Å². The quantitative estimate of drug-likeness (QED) is 0.876. The Morgan fingerprint density at radius 3 is 2.62 bits per heavy atom.